The first-order valence-corrected chi connectivity index (χ1v) is 17.2. The van der Waals surface area contributed by atoms with Gasteiger partial charge in [-0.1, -0.05) is 12.1 Å². The minimum Gasteiger partial charge on any atom is -0.497 e. The van der Waals surface area contributed by atoms with Crippen molar-refractivity contribution in [2.45, 2.75) is 76.9 Å². The smallest absolute Gasteiger partial charge is 0.315 e. The zero-order chi connectivity index (χ0) is 35.0. The van der Waals surface area contributed by atoms with Gasteiger partial charge in [0.25, 0.3) is 0 Å². The number of anilines is 2. The van der Waals surface area contributed by atoms with E-state index in [1.165, 1.54) is 0 Å². The summed E-state index contributed by atoms with van der Waals surface area (Å²) in [7, 11) is 3.30. The van der Waals surface area contributed by atoms with Crippen LogP contribution in [0.5, 0.6) is 11.5 Å². The van der Waals surface area contributed by atoms with E-state index in [1.54, 1.807) is 26.6 Å². The van der Waals surface area contributed by atoms with Gasteiger partial charge in [-0.2, -0.15) is 0 Å². The van der Waals surface area contributed by atoms with E-state index in [0.29, 0.717) is 26.1 Å². The molecule has 7 N–H and O–H groups in total. The molecular weight excluding hydrogens is 656 g/mol. The lowest BCUT2D eigenvalue weighted by Gasteiger charge is -2.20. The number of nitrogens with zero attached hydrogens (tertiary/aromatic N) is 2. The summed E-state index contributed by atoms with van der Waals surface area (Å²) in [6.07, 6.45) is 8.79. The summed E-state index contributed by atoms with van der Waals surface area (Å²) in [6.45, 7) is 5.72. The largest absolute Gasteiger partial charge is 0.497 e. The SMILES string of the molecule is COc1cc(NC(C)CCCNC(=O)N[C@@H](CCCCN)C(=O)NCCCC(C)Nc2cc(OC)cc3cccnc23)c2ncccc2c1.Cl. The van der Waals surface area contributed by atoms with Crippen LogP contribution in [0.3, 0.4) is 0 Å². The Labute approximate surface area is 301 Å². The number of nitrogens with two attached hydrogens (primary N) is 1. The average molecular weight is 709 g/mol. The number of hydrogen-bond donors (Lipinski definition) is 6. The molecule has 4 aromatic rings. The number of carbonyl (C=O) groups excluding carboxylic acids is 2. The highest BCUT2D eigenvalue weighted by Gasteiger charge is 2.20. The highest BCUT2D eigenvalue weighted by molar-refractivity contribution is 5.93. The summed E-state index contributed by atoms with van der Waals surface area (Å²) < 4.78 is 10.9. The summed E-state index contributed by atoms with van der Waals surface area (Å²) in [4.78, 5) is 35.0. The van der Waals surface area contributed by atoms with Gasteiger partial charge in [0.1, 0.15) is 17.5 Å². The van der Waals surface area contributed by atoms with Gasteiger partial charge in [0.2, 0.25) is 5.91 Å². The summed E-state index contributed by atoms with van der Waals surface area (Å²) in [6, 6.07) is 15.0. The van der Waals surface area contributed by atoms with Gasteiger partial charge in [0, 0.05) is 60.5 Å². The molecule has 0 aliphatic heterocycles. The summed E-state index contributed by atoms with van der Waals surface area (Å²) in [5.74, 6) is 1.34. The van der Waals surface area contributed by atoms with E-state index < -0.39 is 6.04 Å². The van der Waals surface area contributed by atoms with E-state index in [2.05, 4.69) is 50.4 Å². The Morgan fingerprint density at radius 3 is 1.76 bits per heavy atom. The standard InChI is InChI=1S/C37H52N8O4.ClH/c1-25(43-32-23-29(48-3)21-27-13-9-17-39-34(27)32)11-7-19-41-36(46)31(15-5-6-16-38)45-37(47)42-20-8-12-26(2)44-33-24-30(49-4)22-28-14-10-18-40-35(28)33;/h9-10,13-14,17-18,21-26,31,43-44H,5-8,11-12,15-16,19-20,38H2,1-4H3,(H,41,46)(H2,42,45,47);1H/t25?,26?,31-;/m0./s1. The maximum atomic E-state index is 13.1. The van der Waals surface area contributed by atoms with Crippen LogP contribution < -0.4 is 41.8 Å². The lowest BCUT2D eigenvalue weighted by atomic mass is 10.1. The van der Waals surface area contributed by atoms with Crippen molar-refractivity contribution in [2.75, 3.05) is 44.5 Å². The van der Waals surface area contributed by atoms with E-state index in [0.717, 1.165) is 83.2 Å². The van der Waals surface area contributed by atoms with Crippen LogP contribution in [0.1, 0.15) is 58.8 Å². The number of rotatable bonds is 20. The van der Waals surface area contributed by atoms with Crippen LogP contribution in [0.4, 0.5) is 16.2 Å². The molecule has 50 heavy (non-hydrogen) atoms. The molecule has 0 spiro atoms. The maximum absolute atomic E-state index is 13.1. The normalized spacial score (nSPS) is 12.7. The number of ether oxygens (including phenoxy) is 2. The van der Waals surface area contributed by atoms with Crippen LogP contribution in [-0.2, 0) is 4.79 Å². The Kier molecular flexibility index (Phi) is 16.6. The Hall–Kier alpha value is -4.55. The second-order valence-electron chi connectivity index (χ2n) is 12.4. The van der Waals surface area contributed by atoms with Crippen molar-refractivity contribution in [1.29, 1.82) is 0 Å². The molecule has 0 aliphatic carbocycles. The van der Waals surface area contributed by atoms with E-state index in [4.69, 9.17) is 15.2 Å². The van der Waals surface area contributed by atoms with Crippen LogP contribution in [0.25, 0.3) is 21.8 Å². The number of hydrogen-bond acceptors (Lipinski definition) is 9. The second-order valence-corrected chi connectivity index (χ2v) is 12.4. The molecule has 0 aliphatic rings. The fraction of sp³-hybridized carbons (Fsp3) is 0.459. The number of aromatic nitrogens is 2. The van der Waals surface area contributed by atoms with Crippen molar-refractivity contribution in [3.05, 3.63) is 60.9 Å². The summed E-state index contributed by atoms with van der Waals surface area (Å²) >= 11 is 0. The number of nitrogens with one attached hydrogen (secondary N) is 5. The van der Waals surface area contributed by atoms with Gasteiger partial charge in [0.05, 0.1) is 36.6 Å². The molecule has 12 nitrogen and oxygen atoms in total. The molecule has 0 fully saturated rings. The van der Waals surface area contributed by atoms with E-state index >= 15 is 0 Å². The lowest BCUT2D eigenvalue weighted by molar-refractivity contribution is -0.123. The third kappa shape index (κ3) is 12.1. The molecule has 2 unspecified atom stereocenters. The maximum Gasteiger partial charge on any atom is 0.315 e. The predicted molar refractivity (Wildman–Crippen MR) is 205 cm³/mol. The fourth-order valence-corrected chi connectivity index (χ4v) is 5.78. The molecule has 3 atom stereocenters. The Morgan fingerprint density at radius 1 is 0.740 bits per heavy atom. The van der Waals surface area contributed by atoms with E-state index in [1.807, 2.05) is 48.5 Å². The molecule has 2 heterocycles. The number of unbranched alkanes of at least 4 members (excludes halogenated alkanes) is 1. The van der Waals surface area contributed by atoms with Gasteiger partial charge in [0.15, 0.2) is 0 Å². The monoisotopic (exact) mass is 708 g/mol. The lowest BCUT2D eigenvalue weighted by Crippen LogP contribution is -2.50. The number of halogens is 1. The van der Waals surface area contributed by atoms with Crippen molar-refractivity contribution in [1.82, 2.24) is 25.9 Å². The first-order chi connectivity index (χ1) is 23.8. The molecule has 272 valence electrons. The third-order valence-electron chi connectivity index (χ3n) is 8.41. The van der Waals surface area contributed by atoms with E-state index in [-0.39, 0.29) is 36.4 Å². The topological polar surface area (TPSA) is 165 Å². The van der Waals surface area contributed by atoms with Crippen LogP contribution in [0.15, 0.2) is 60.9 Å². The molecule has 0 saturated carbocycles. The van der Waals surface area contributed by atoms with Gasteiger partial charge in [-0.15, -0.1) is 12.4 Å². The number of methoxy groups -OCH3 is 2. The van der Waals surface area contributed by atoms with Gasteiger partial charge < -0.3 is 41.8 Å². The number of carbonyl (C=O) groups is 2. The number of pyridine rings is 2. The van der Waals surface area contributed by atoms with Gasteiger partial charge >= 0.3 is 6.03 Å². The van der Waals surface area contributed by atoms with Crippen molar-refractivity contribution >= 4 is 57.5 Å². The number of amides is 3. The molecule has 4 rings (SSSR count). The first-order valence-electron chi connectivity index (χ1n) is 17.2. The van der Waals surface area contributed by atoms with Crippen molar-refractivity contribution < 1.29 is 19.1 Å². The van der Waals surface area contributed by atoms with Crippen molar-refractivity contribution in [2.24, 2.45) is 5.73 Å². The molecule has 0 radical (unpaired) electrons. The van der Waals surface area contributed by atoms with Gasteiger partial charge in [-0.05, 0) is 89.6 Å². The Bertz CT molecular complexity index is 1660. The zero-order valence-electron chi connectivity index (χ0n) is 29.6. The summed E-state index contributed by atoms with van der Waals surface area (Å²) in [5, 5.41) is 17.9. The van der Waals surface area contributed by atoms with Crippen LogP contribution in [0.2, 0.25) is 0 Å². The molecule has 2 aromatic heterocycles. The molecule has 0 bridgehead atoms. The Balaban J connectivity index is 0.00000676. The quantitative estimate of drug-likeness (QED) is 0.0605. The van der Waals surface area contributed by atoms with Crippen molar-refractivity contribution in [3.8, 4) is 11.5 Å². The van der Waals surface area contributed by atoms with Gasteiger partial charge in [-0.3, -0.25) is 14.8 Å². The second kappa shape index (κ2) is 20.8. The minimum atomic E-state index is -0.634. The number of fused-ring (bicyclic) bond motifs is 2. The highest BCUT2D eigenvalue weighted by atomic mass is 35.5. The molecular formula is C37H53ClN8O4. The molecule has 0 saturated heterocycles. The first kappa shape index (κ1) is 39.9. The Morgan fingerprint density at radius 2 is 1.26 bits per heavy atom. The summed E-state index contributed by atoms with van der Waals surface area (Å²) in [5.41, 5.74) is 9.28. The fourth-order valence-electron chi connectivity index (χ4n) is 5.78. The molecule has 2 aromatic carbocycles. The molecule has 13 heteroatoms. The predicted octanol–water partition coefficient (Wildman–Crippen LogP) is 6.00. The highest BCUT2D eigenvalue weighted by Crippen LogP contribution is 2.29. The van der Waals surface area contributed by atoms with E-state index in [9.17, 15) is 9.59 Å². The minimum absolute atomic E-state index is 0. The average Bonchev–Trinajstić information content (AvgIpc) is 3.11. The zero-order valence-corrected chi connectivity index (χ0v) is 30.4. The van der Waals surface area contributed by atoms with Crippen LogP contribution in [-0.4, -0.2) is 73.9 Å². The van der Waals surface area contributed by atoms with Crippen molar-refractivity contribution in [3.63, 3.8) is 0 Å². The van der Waals surface area contributed by atoms with Crippen LogP contribution in [0, 0.1) is 0 Å². The number of benzene rings is 2. The van der Waals surface area contributed by atoms with Crippen LogP contribution >= 0.6 is 12.4 Å². The number of urea groups is 1. The third-order valence-corrected chi connectivity index (χ3v) is 8.41. The molecule has 3 amide bonds. The van der Waals surface area contributed by atoms with Gasteiger partial charge in [-0.25, -0.2) is 4.79 Å².